The number of carboxylic acids is 5. The van der Waals surface area contributed by atoms with Crippen LogP contribution >= 0.6 is 0 Å². The zero-order chi connectivity index (χ0) is 38.6. The number of aliphatic hydroxyl groups excluding tert-OH is 5. The van der Waals surface area contributed by atoms with Gasteiger partial charge in [-0.15, -0.1) is 0 Å². The lowest BCUT2D eigenvalue weighted by atomic mass is 9.88. The van der Waals surface area contributed by atoms with Crippen LogP contribution in [0.4, 0.5) is 0 Å². The van der Waals surface area contributed by atoms with Gasteiger partial charge in [0.25, 0.3) is 0 Å². The second-order valence-corrected chi connectivity index (χ2v) is 8.81. The molecule has 0 saturated carbocycles. The molecular weight excluding hydrogens is 616 g/mol. The van der Waals surface area contributed by atoms with Crippen molar-refractivity contribution in [2.24, 2.45) is 5.41 Å². The van der Waals surface area contributed by atoms with Crippen LogP contribution in [0.3, 0.4) is 0 Å². The standard InChI is InChI=1S/C6H14O3.C4H10O3.5C4H6O2/c1-2-6(3-7,4-8)5-9;5-1-3-7-4-2-6;5*1-3(2)4(5)6/h7-9H,2-5H2,1H3;5-6H,1-4H2;5*1H2,2H3,(H,5,6). The Balaban J connectivity index is -0.0000000776. The van der Waals surface area contributed by atoms with E-state index < -0.39 is 35.3 Å². The molecule has 46 heavy (non-hydrogen) atoms. The van der Waals surface area contributed by atoms with Crippen LogP contribution in [-0.2, 0) is 28.7 Å². The molecule has 270 valence electrons. The molecule has 0 spiro atoms. The molecule has 0 aliphatic heterocycles. The second-order valence-electron chi connectivity index (χ2n) is 8.81. The molecule has 10 N–H and O–H groups in total. The molecule has 0 aliphatic carbocycles. The summed E-state index contributed by atoms with van der Waals surface area (Å²) >= 11 is 0. The van der Waals surface area contributed by atoms with Crippen LogP contribution in [0.25, 0.3) is 0 Å². The summed E-state index contributed by atoms with van der Waals surface area (Å²) in [5.41, 5.74) is 0.213. The Bertz CT molecular complexity index is 710. The van der Waals surface area contributed by atoms with Crippen molar-refractivity contribution in [2.45, 2.75) is 48.0 Å². The predicted molar refractivity (Wildman–Crippen MR) is 171 cm³/mol. The van der Waals surface area contributed by atoms with E-state index >= 15 is 0 Å². The van der Waals surface area contributed by atoms with Crippen LogP contribution in [-0.4, -0.2) is 127 Å². The lowest BCUT2D eigenvalue weighted by Gasteiger charge is -2.24. The molecule has 0 aromatic carbocycles. The number of aliphatic carboxylic acids is 5. The van der Waals surface area contributed by atoms with Gasteiger partial charge in [-0.1, -0.05) is 39.8 Å². The molecule has 0 radical (unpaired) electrons. The number of carboxylic acid groups (broad SMARTS) is 5. The summed E-state index contributed by atoms with van der Waals surface area (Å²) in [6, 6.07) is 0. The number of aliphatic hydroxyl groups is 5. The molecule has 0 amide bonds. The highest BCUT2D eigenvalue weighted by Crippen LogP contribution is 2.18. The van der Waals surface area contributed by atoms with Crippen molar-refractivity contribution in [3.63, 3.8) is 0 Å². The molecule has 0 aliphatic rings. The minimum absolute atomic E-state index is 0.0278. The van der Waals surface area contributed by atoms with E-state index in [1.54, 1.807) is 0 Å². The maximum absolute atomic E-state index is 9.60. The summed E-state index contributed by atoms with van der Waals surface area (Å²) in [6.07, 6.45) is 0.594. The van der Waals surface area contributed by atoms with Crippen LogP contribution in [0.15, 0.2) is 60.8 Å². The summed E-state index contributed by atoms with van der Waals surface area (Å²) in [5.74, 6) is -4.68. The SMILES string of the molecule is C=C(C)C(=O)O.C=C(C)C(=O)O.C=C(C)C(=O)O.C=C(C)C(=O)O.C=C(C)C(=O)O.CCC(CO)(CO)CO.OCCOCCO. The van der Waals surface area contributed by atoms with Gasteiger partial charge in [-0.25, -0.2) is 24.0 Å². The molecule has 16 heteroatoms. The van der Waals surface area contributed by atoms with E-state index in [-0.39, 0.29) is 60.9 Å². The summed E-state index contributed by atoms with van der Waals surface area (Å²) in [5, 5.41) is 81.6. The Hall–Kier alpha value is -4.19. The van der Waals surface area contributed by atoms with Crippen molar-refractivity contribution in [1.29, 1.82) is 0 Å². The Kier molecular flexibility index (Phi) is 48.5. The molecular formula is C30H54O16. The molecule has 0 saturated heterocycles. The largest absolute Gasteiger partial charge is 0.478 e. The molecule has 0 bridgehead atoms. The lowest BCUT2D eigenvalue weighted by molar-refractivity contribution is -0.133. The first-order chi connectivity index (χ1) is 20.9. The van der Waals surface area contributed by atoms with E-state index in [1.165, 1.54) is 34.6 Å². The summed E-state index contributed by atoms with van der Waals surface area (Å²) in [7, 11) is 0. The van der Waals surface area contributed by atoms with Gasteiger partial charge in [-0.3, -0.25) is 0 Å². The van der Waals surface area contributed by atoms with Crippen molar-refractivity contribution in [1.82, 2.24) is 0 Å². The zero-order valence-corrected chi connectivity index (χ0v) is 27.6. The highest BCUT2D eigenvalue weighted by Gasteiger charge is 2.24. The molecule has 0 aromatic rings. The van der Waals surface area contributed by atoms with Gasteiger partial charge in [-0.2, -0.15) is 0 Å². The highest BCUT2D eigenvalue weighted by atomic mass is 16.5. The number of rotatable bonds is 13. The van der Waals surface area contributed by atoms with E-state index in [0.717, 1.165) is 0 Å². The average molecular weight is 671 g/mol. The molecule has 0 rings (SSSR count). The molecule has 16 nitrogen and oxygen atoms in total. The Morgan fingerprint density at radius 3 is 0.674 bits per heavy atom. The van der Waals surface area contributed by atoms with Gasteiger partial charge in [0.05, 0.1) is 46.2 Å². The van der Waals surface area contributed by atoms with E-state index in [9.17, 15) is 24.0 Å². The topological polar surface area (TPSA) is 297 Å². The van der Waals surface area contributed by atoms with Crippen LogP contribution in [0.5, 0.6) is 0 Å². The quantitative estimate of drug-likeness (QED) is 0.0982. The van der Waals surface area contributed by atoms with E-state index in [0.29, 0.717) is 19.6 Å². The predicted octanol–water partition coefficient (Wildman–Crippen LogP) is 1.58. The molecule has 0 aromatic heterocycles. The lowest BCUT2D eigenvalue weighted by Crippen LogP contribution is -2.32. The van der Waals surface area contributed by atoms with E-state index in [1.807, 2.05) is 6.92 Å². The highest BCUT2D eigenvalue weighted by molar-refractivity contribution is 5.86. The summed E-state index contributed by atoms with van der Waals surface area (Å²) in [4.78, 5) is 48.0. The van der Waals surface area contributed by atoms with Gasteiger partial charge in [0, 0.05) is 33.3 Å². The fourth-order valence-corrected chi connectivity index (χ4v) is 0.717. The number of carbonyl (C=O) groups is 5. The van der Waals surface area contributed by atoms with Gasteiger partial charge < -0.3 is 55.8 Å². The van der Waals surface area contributed by atoms with Crippen molar-refractivity contribution >= 4 is 29.8 Å². The third kappa shape index (κ3) is 59.3. The van der Waals surface area contributed by atoms with E-state index in [2.05, 4.69) is 37.6 Å². The third-order valence-corrected chi connectivity index (χ3v) is 4.05. The number of ether oxygens (including phenoxy) is 1. The monoisotopic (exact) mass is 670 g/mol. The Morgan fingerprint density at radius 2 is 0.630 bits per heavy atom. The average Bonchev–Trinajstić information content (AvgIpc) is 2.96. The molecule has 0 unspecified atom stereocenters. The van der Waals surface area contributed by atoms with Crippen molar-refractivity contribution in [3.8, 4) is 0 Å². The van der Waals surface area contributed by atoms with Crippen molar-refractivity contribution in [3.05, 3.63) is 60.8 Å². The first kappa shape index (κ1) is 57.5. The number of hydrogen-bond acceptors (Lipinski definition) is 11. The van der Waals surface area contributed by atoms with Crippen LogP contribution in [0.2, 0.25) is 0 Å². The molecule has 0 fully saturated rings. The molecule has 0 atom stereocenters. The second kappa shape index (κ2) is 38.8. The Morgan fingerprint density at radius 1 is 0.478 bits per heavy atom. The normalized spacial score (nSPS) is 8.67. The fourth-order valence-electron chi connectivity index (χ4n) is 0.717. The van der Waals surface area contributed by atoms with Gasteiger partial charge in [-0.05, 0) is 41.0 Å². The minimum Gasteiger partial charge on any atom is -0.478 e. The van der Waals surface area contributed by atoms with Crippen LogP contribution in [0.1, 0.15) is 48.0 Å². The van der Waals surface area contributed by atoms with Crippen molar-refractivity contribution < 1.29 is 79.8 Å². The first-order valence-electron chi connectivity index (χ1n) is 12.9. The Labute approximate surface area is 270 Å². The van der Waals surface area contributed by atoms with Crippen molar-refractivity contribution in [2.75, 3.05) is 46.2 Å². The smallest absolute Gasteiger partial charge is 0.330 e. The first-order valence-corrected chi connectivity index (χ1v) is 12.9. The third-order valence-electron chi connectivity index (χ3n) is 4.05. The fraction of sp³-hybridized carbons (Fsp3) is 0.500. The summed E-state index contributed by atoms with van der Waals surface area (Å²) < 4.78 is 4.63. The molecule has 0 heterocycles. The van der Waals surface area contributed by atoms with Gasteiger partial charge >= 0.3 is 29.8 Å². The minimum atomic E-state index is -0.935. The van der Waals surface area contributed by atoms with E-state index in [4.69, 9.17) is 51.1 Å². The van der Waals surface area contributed by atoms with Gasteiger partial charge in [0.15, 0.2) is 0 Å². The van der Waals surface area contributed by atoms with Gasteiger partial charge in [0.1, 0.15) is 0 Å². The van der Waals surface area contributed by atoms with Gasteiger partial charge in [0.2, 0.25) is 0 Å². The van der Waals surface area contributed by atoms with Crippen LogP contribution in [0, 0.1) is 5.41 Å². The number of hydrogen-bond donors (Lipinski definition) is 10. The zero-order valence-electron chi connectivity index (χ0n) is 27.6. The maximum Gasteiger partial charge on any atom is 0.330 e. The maximum atomic E-state index is 9.60. The summed E-state index contributed by atoms with van der Waals surface area (Å²) in [6.45, 7) is 25.1. The van der Waals surface area contributed by atoms with Crippen LogP contribution < -0.4 is 0 Å².